The van der Waals surface area contributed by atoms with E-state index >= 15 is 0 Å². The standard InChI is InChI=1S/C12H11NO3.C12H13NO.CO2.Li.H2O/c1-8-10-6-9(2-3-11(10)16-13-8)12(4-5-12)15-7-14;1-8-10-7-9(12(2)5-6-12)3-4-11(10)14-13-8;2-1-3;;/h2-3,6-7H,4-5H2,1H3;3-4,7H,5-6H2,1-2H3;;;1H2/q;;;+1;/p-1. The Bertz CT molecular complexity index is 1350. The number of carbonyl (C=O) groups excluding carboxylic acids is 3. The zero-order valence-electron chi connectivity index (χ0n) is 20.2. The Hall–Kier alpha value is -3.21. The average Bonchev–Trinajstić information content (AvgIpc) is 3.70. The van der Waals surface area contributed by atoms with Gasteiger partial charge in [0.15, 0.2) is 11.2 Å². The third-order valence-corrected chi connectivity index (χ3v) is 6.50. The molecule has 0 radical (unpaired) electrons. The number of aryl methyl sites for hydroxylation is 2. The van der Waals surface area contributed by atoms with Gasteiger partial charge in [0.25, 0.3) is 6.47 Å². The molecule has 0 spiro atoms. The number of benzene rings is 2. The van der Waals surface area contributed by atoms with Crippen molar-refractivity contribution in [2.45, 2.75) is 57.5 Å². The molecule has 4 aromatic rings. The topological polar surface area (TPSA) is 142 Å². The molecule has 9 nitrogen and oxygen atoms in total. The van der Waals surface area contributed by atoms with E-state index < -0.39 is 0 Å². The SMILES string of the molecule is Cc1noc2ccc(C3(C)CC3)cc12.Cc1noc2ccc(C3(OC=O)CC3)cc12.O=C=O.[Li+].[OH-]. The van der Waals surface area contributed by atoms with Crippen molar-refractivity contribution in [3.63, 3.8) is 0 Å². The summed E-state index contributed by atoms with van der Waals surface area (Å²) in [7, 11) is 0. The summed E-state index contributed by atoms with van der Waals surface area (Å²) < 4.78 is 15.5. The van der Waals surface area contributed by atoms with Crippen molar-refractivity contribution in [3.05, 3.63) is 58.9 Å². The minimum Gasteiger partial charge on any atom is -0.870 e. The van der Waals surface area contributed by atoms with Crippen LogP contribution < -0.4 is 18.9 Å². The monoisotopic (exact) mass is 472 g/mol. The quantitative estimate of drug-likeness (QED) is 0.320. The molecular formula is C25H25LiN2O7. The number of hydrogen-bond donors (Lipinski definition) is 0. The molecule has 0 amide bonds. The van der Waals surface area contributed by atoms with Gasteiger partial charge in [-0.05, 0) is 80.3 Å². The van der Waals surface area contributed by atoms with E-state index in [0.717, 1.165) is 51.7 Å². The van der Waals surface area contributed by atoms with Crippen molar-refractivity contribution in [2.24, 2.45) is 0 Å². The molecule has 2 heterocycles. The zero-order chi connectivity index (χ0) is 23.6. The first kappa shape index (κ1) is 28.0. The normalized spacial score (nSPS) is 15.6. The van der Waals surface area contributed by atoms with Gasteiger partial charge in [0.1, 0.15) is 5.60 Å². The van der Waals surface area contributed by atoms with E-state index in [1.54, 1.807) is 0 Å². The molecular weight excluding hydrogens is 447 g/mol. The number of nitrogens with zero attached hydrogens (tertiary/aromatic N) is 2. The Morgan fingerprint density at radius 2 is 1.34 bits per heavy atom. The van der Waals surface area contributed by atoms with Crippen molar-refractivity contribution in [3.8, 4) is 0 Å². The van der Waals surface area contributed by atoms with Gasteiger partial charge in [-0.3, -0.25) is 4.79 Å². The van der Waals surface area contributed by atoms with Crippen molar-refractivity contribution < 1.29 is 52.5 Å². The van der Waals surface area contributed by atoms with Crippen LogP contribution in [0.3, 0.4) is 0 Å². The average molecular weight is 472 g/mol. The third-order valence-electron chi connectivity index (χ3n) is 6.50. The molecule has 178 valence electrons. The van der Waals surface area contributed by atoms with Crippen LogP contribution in [-0.4, -0.2) is 28.4 Å². The van der Waals surface area contributed by atoms with Crippen LogP contribution >= 0.6 is 0 Å². The number of aromatic nitrogens is 2. The summed E-state index contributed by atoms with van der Waals surface area (Å²) in [6.45, 7) is 6.73. The summed E-state index contributed by atoms with van der Waals surface area (Å²) in [5, 5.41) is 10.0. The molecule has 6 rings (SSSR count). The van der Waals surface area contributed by atoms with Gasteiger partial charge in [0.2, 0.25) is 0 Å². The minimum absolute atomic E-state index is 0. The van der Waals surface area contributed by atoms with Gasteiger partial charge in [-0.25, -0.2) is 0 Å². The predicted octanol–water partition coefficient (Wildman–Crippen LogP) is 1.73. The molecule has 2 aliphatic carbocycles. The maximum absolute atomic E-state index is 10.5. The van der Waals surface area contributed by atoms with Crippen LogP contribution in [0.5, 0.6) is 0 Å². The summed E-state index contributed by atoms with van der Waals surface area (Å²) in [6.07, 6.45) is 4.65. The molecule has 2 saturated carbocycles. The Labute approximate surface area is 213 Å². The largest absolute Gasteiger partial charge is 1.00 e. The van der Waals surface area contributed by atoms with Crippen LogP contribution in [0.2, 0.25) is 0 Å². The first-order valence-corrected chi connectivity index (χ1v) is 10.7. The van der Waals surface area contributed by atoms with Crippen LogP contribution in [0.1, 0.15) is 55.1 Å². The first-order chi connectivity index (χ1) is 15.9. The summed E-state index contributed by atoms with van der Waals surface area (Å²) >= 11 is 0. The van der Waals surface area contributed by atoms with E-state index in [9.17, 15) is 4.79 Å². The number of rotatable bonds is 4. The molecule has 10 heteroatoms. The van der Waals surface area contributed by atoms with Crippen LogP contribution in [-0.2, 0) is 30.1 Å². The van der Waals surface area contributed by atoms with Gasteiger partial charge in [0, 0.05) is 10.8 Å². The molecule has 0 unspecified atom stereocenters. The fraction of sp³-hybridized carbons (Fsp3) is 0.360. The van der Waals surface area contributed by atoms with Gasteiger partial charge in [-0.1, -0.05) is 29.4 Å². The van der Waals surface area contributed by atoms with Crippen molar-refractivity contribution >= 4 is 34.6 Å². The number of hydrogen-bond acceptors (Lipinski definition) is 9. The molecule has 1 N–H and O–H groups in total. The van der Waals surface area contributed by atoms with E-state index in [-0.39, 0.29) is 36.1 Å². The molecule has 2 fully saturated rings. The van der Waals surface area contributed by atoms with E-state index in [1.165, 1.54) is 18.4 Å². The smallest absolute Gasteiger partial charge is 0.870 e. The maximum atomic E-state index is 10.5. The fourth-order valence-corrected chi connectivity index (χ4v) is 3.93. The summed E-state index contributed by atoms with van der Waals surface area (Å²) in [5.74, 6) is 0. The van der Waals surface area contributed by atoms with Crippen LogP contribution in [0.4, 0.5) is 0 Å². The van der Waals surface area contributed by atoms with E-state index in [2.05, 4.69) is 29.4 Å². The Balaban J connectivity index is 0.000000213. The van der Waals surface area contributed by atoms with Gasteiger partial charge in [0.05, 0.1) is 11.4 Å². The Morgan fingerprint density at radius 1 is 0.886 bits per heavy atom. The molecule has 2 aromatic heterocycles. The predicted molar refractivity (Wildman–Crippen MR) is 119 cm³/mol. The number of ether oxygens (including phenoxy) is 1. The van der Waals surface area contributed by atoms with Crippen LogP contribution in [0.15, 0.2) is 45.4 Å². The second-order valence-electron chi connectivity index (χ2n) is 8.81. The summed E-state index contributed by atoms with van der Waals surface area (Å²) in [6, 6.07) is 12.2. The van der Waals surface area contributed by atoms with E-state index in [0.29, 0.717) is 11.9 Å². The minimum atomic E-state index is -0.389. The van der Waals surface area contributed by atoms with Crippen molar-refractivity contribution in [1.29, 1.82) is 0 Å². The van der Waals surface area contributed by atoms with E-state index in [1.807, 2.05) is 38.1 Å². The second kappa shape index (κ2) is 11.0. The van der Waals surface area contributed by atoms with E-state index in [4.69, 9.17) is 23.4 Å². The Kier molecular flexibility index (Phi) is 8.83. The third kappa shape index (κ3) is 5.72. The number of carbonyl (C=O) groups is 1. The molecule has 0 bridgehead atoms. The first-order valence-electron chi connectivity index (χ1n) is 10.7. The number of fused-ring (bicyclic) bond motifs is 2. The molecule has 35 heavy (non-hydrogen) atoms. The summed E-state index contributed by atoms with van der Waals surface area (Å²) in [4.78, 5) is 26.7. The molecule has 0 saturated heterocycles. The fourth-order valence-electron chi connectivity index (χ4n) is 3.93. The van der Waals surface area contributed by atoms with Crippen molar-refractivity contribution in [1.82, 2.24) is 10.3 Å². The van der Waals surface area contributed by atoms with Crippen LogP contribution in [0.25, 0.3) is 21.9 Å². The molecule has 2 aromatic carbocycles. The zero-order valence-corrected chi connectivity index (χ0v) is 20.2. The second-order valence-corrected chi connectivity index (χ2v) is 8.81. The van der Waals surface area contributed by atoms with Gasteiger partial charge in [-0.15, -0.1) is 0 Å². The van der Waals surface area contributed by atoms with Gasteiger partial charge >= 0.3 is 25.0 Å². The van der Waals surface area contributed by atoms with Gasteiger partial charge < -0.3 is 19.3 Å². The van der Waals surface area contributed by atoms with Crippen molar-refractivity contribution in [2.75, 3.05) is 0 Å². The summed E-state index contributed by atoms with van der Waals surface area (Å²) in [5.41, 5.74) is 6.01. The van der Waals surface area contributed by atoms with Crippen LogP contribution in [0, 0.1) is 13.8 Å². The maximum Gasteiger partial charge on any atom is 1.00 e. The molecule has 0 atom stereocenters. The van der Waals surface area contributed by atoms with Gasteiger partial charge in [-0.2, -0.15) is 9.59 Å². The Morgan fingerprint density at radius 3 is 1.77 bits per heavy atom. The molecule has 0 aliphatic heterocycles. The molecule has 2 aliphatic rings.